The van der Waals surface area contributed by atoms with Gasteiger partial charge in [0.25, 0.3) is 5.91 Å². The quantitative estimate of drug-likeness (QED) is 0.145. The first-order chi connectivity index (χ1) is 18.0. The van der Waals surface area contributed by atoms with Crippen LogP contribution in [0.5, 0.6) is 5.75 Å². The van der Waals surface area contributed by atoms with Gasteiger partial charge >= 0.3 is 0 Å². The molecule has 3 aromatic carbocycles. The maximum atomic E-state index is 12.8. The average molecular weight is 580 g/mol. The number of nitrogens with zero attached hydrogens (tertiary/aromatic N) is 4. The monoisotopic (exact) mass is 578 g/mol. The second-order valence-corrected chi connectivity index (χ2v) is 10.3. The zero-order chi connectivity index (χ0) is 26.2. The minimum Gasteiger partial charge on any atom is -0.496 e. The molecule has 0 bridgehead atoms. The lowest BCUT2D eigenvalue weighted by Gasteiger charge is -2.14. The third-order valence-corrected chi connectivity index (χ3v) is 7.05. The van der Waals surface area contributed by atoms with Crippen LogP contribution in [-0.4, -0.2) is 39.2 Å². The van der Waals surface area contributed by atoms with E-state index in [0.29, 0.717) is 17.5 Å². The number of hydrogen-bond donors (Lipinski definition) is 2. The van der Waals surface area contributed by atoms with Crippen molar-refractivity contribution in [3.05, 3.63) is 94.2 Å². The number of anilines is 1. The van der Waals surface area contributed by atoms with Gasteiger partial charge in [0.15, 0.2) is 11.0 Å². The fourth-order valence-corrected chi connectivity index (χ4v) is 4.81. The minimum atomic E-state index is -0.467. The first kappa shape index (κ1) is 26.4. The maximum absolute atomic E-state index is 12.8. The molecule has 0 spiro atoms. The van der Waals surface area contributed by atoms with Crippen molar-refractivity contribution in [1.29, 1.82) is 0 Å². The molecule has 8 nitrogen and oxygen atoms in total. The molecule has 0 fully saturated rings. The molecular formula is C27H27BrN6O2S. The van der Waals surface area contributed by atoms with Gasteiger partial charge in [0.2, 0.25) is 0 Å². The molecule has 0 aliphatic rings. The molecule has 1 aromatic heterocycles. The average Bonchev–Trinajstić information content (AvgIpc) is 3.31. The van der Waals surface area contributed by atoms with E-state index < -0.39 is 5.25 Å². The number of para-hydroxylation sites is 2. The van der Waals surface area contributed by atoms with E-state index in [0.717, 1.165) is 32.8 Å². The number of hydrazone groups is 1. The molecule has 0 saturated heterocycles. The van der Waals surface area contributed by atoms with Crippen molar-refractivity contribution < 1.29 is 9.53 Å². The molecule has 0 radical (unpaired) electrons. The fraction of sp³-hybridized carbons (Fsp3) is 0.185. The topological polar surface area (TPSA) is 93.4 Å². The number of carbonyl (C=O) groups is 1. The van der Waals surface area contributed by atoms with E-state index >= 15 is 0 Å². The molecule has 0 aliphatic carbocycles. The van der Waals surface area contributed by atoms with Crippen molar-refractivity contribution >= 4 is 45.5 Å². The molecule has 1 heterocycles. The number of thioether (sulfide) groups is 1. The number of aryl methyl sites for hydroxylation is 1. The number of methoxy groups -OCH3 is 1. The molecular weight excluding hydrogens is 552 g/mol. The molecule has 2 N–H and O–H groups in total. The summed E-state index contributed by atoms with van der Waals surface area (Å²) < 4.78 is 8.20. The molecule has 4 aromatic rings. The Bertz CT molecular complexity index is 1390. The third kappa shape index (κ3) is 6.78. The molecule has 4 rings (SSSR count). The van der Waals surface area contributed by atoms with Crippen molar-refractivity contribution in [2.45, 2.75) is 30.8 Å². The Hall–Kier alpha value is -3.63. The van der Waals surface area contributed by atoms with Gasteiger partial charge in [-0.1, -0.05) is 64.1 Å². The highest BCUT2D eigenvalue weighted by Gasteiger charge is 2.21. The zero-order valence-corrected chi connectivity index (χ0v) is 23.1. The standard InChI is InChI=1S/C27H27BrN6O2S/c1-18-9-7-8-12-23(18)29-17-25-31-33-27(34(25)22-10-5-4-6-11-22)37-19(2)26(35)32-30-16-20-15-21(28)13-14-24(20)36-3/h4-16,19,29H,17H2,1-3H3,(H,32,35)/b30-16-/t19-/m0/s1. The number of amides is 1. The zero-order valence-electron chi connectivity index (χ0n) is 20.7. The highest BCUT2D eigenvalue weighted by Crippen LogP contribution is 2.27. The lowest BCUT2D eigenvalue weighted by Crippen LogP contribution is -2.27. The summed E-state index contributed by atoms with van der Waals surface area (Å²) in [5.74, 6) is 1.15. The number of ether oxygens (including phenoxy) is 1. The van der Waals surface area contributed by atoms with Gasteiger partial charge in [-0.25, -0.2) is 5.43 Å². The molecule has 0 aliphatic heterocycles. The summed E-state index contributed by atoms with van der Waals surface area (Å²) in [6.07, 6.45) is 1.56. The number of halogens is 1. The smallest absolute Gasteiger partial charge is 0.253 e. The highest BCUT2D eigenvalue weighted by molar-refractivity contribution is 9.10. The number of aromatic nitrogens is 3. The summed E-state index contributed by atoms with van der Waals surface area (Å²) in [4.78, 5) is 12.8. The van der Waals surface area contributed by atoms with Crippen molar-refractivity contribution in [3.8, 4) is 11.4 Å². The number of hydrogen-bond acceptors (Lipinski definition) is 7. The van der Waals surface area contributed by atoms with Crippen LogP contribution in [0.2, 0.25) is 0 Å². The maximum Gasteiger partial charge on any atom is 0.253 e. The van der Waals surface area contributed by atoms with Crippen molar-refractivity contribution in [1.82, 2.24) is 20.2 Å². The van der Waals surface area contributed by atoms with Crippen LogP contribution in [0.25, 0.3) is 5.69 Å². The van der Waals surface area contributed by atoms with E-state index in [1.54, 1.807) is 13.3 Å². The molecule has 37 heavy (non-hydrogen) atoms. The van der Waals surface area contributed by atoms with Crippen molar-refractivity contribution in [2.75, 3.05) is 12.4 Å². The Kier molecular flexibility index (Phi) is 8.97. The molecule has 0 unspecified atom stereocenters. The fourth-order valence-electron chi connectivity index (χ4n) is 3.55. The van der Waals surface area contributed by atoms with Gasteiger partial charge in [-0.05, 0) is 55.8 Å². The number of nitrogens with one attached hydrogen (secondary N) is 2. The van der Waals surface area contributed by atoms with Crippen molar-refractivity contribution in [3.63, 3.8) is 0 Å². The van der Waals surface area contributed by atoms with E-state index in [2.05, 4.69) is 55.0 Å². The van der Waals surface area contributed by atoms with E-state index in [1.807, 2.05) is 78.2 Å². The lowest BCUT2D eigenvalue weighted by atomic mass is 10.2. The summed E-state index contributed by atoms with van der Waals surface area (Å²) in [6.45, 7) is 4.35. The van der Waals surface area contributed by atoms with Gasteiger partial charge in [-0.3, -0.25) is 9.36 Å². The van der Waals surface area contributed by atoms with Crippen LogP contribution < -0.4 is 15.5 Å². The third-order valence-electron chi connectivity index (χ3n) is 5.52. The number of benzene rings is 3. The molecule has 1 amide bonds. The summed E-state index contributed by atoms with van der Waals surface area (Å²) in [7, 11) is 1.59. The van der Waals surface area contributed by atoms with Crippen LogP contribution in [0.3, 0.4) is 0 Å². The Morgan fingerprint density at radius 1 is 1.14 bits per heavy atom. The van der Waals surface area contributed by atoms with Gasteiger partial charge in [-0.15, -0.1) is 10.2 Å². The summed E-state index contributed by atoms with van der Waals surface area (Å²) >= 11 is 4.75. The highest BCUT2D eigenvalue weighted by atomic mass is 79.9. The van der Waals surface area contributed by atoms with Gasteiger partial charge < -0.3 is 10.1 Å². The predicted molar refractivity (Wildman–Crippen MR) is 152 cm³/mol. The van der Waals surface area contributed by atoms with Crippen LogP contribution in [0, 0.1) is 6.92 Å². The van der Waals surface area contributed by atoms with E-state index in [4.69, 9.17) is 4.74 Å². The number of carbonyl (C=O) groups excluding carboxylic acids is 1. The molecule has 0 saturated carbocycles. The Labute approximate surface area is 228 Å². The van der Waals surface area contributed by atoms with Crippen LogP contribution in [0.4, 0.5) is 5.69 Å². The van der Waals surface area contributed by atoms with Gasteiger partial charge in [0, 0.05) is 21.4 Å². The van der Waals surface area contributed by atoms with E-state index in [1.165, 1.54) is 11.8 Å². The van der Waals surface area contributed by atoms with Crippen molar-refractivity contribution in [2.24, 2.45) is 5.10 Å². The summed E-state index contributed by atoms with van der Waals surface area (Å²) in [5, 5.41) is 16.5. The van der Waals surface area contributed by atoms with Crippen LogP contribution in [0.15, 0.2) is 87.5 Å². The second-order valence-electron chi connectivity index (χ2n) is 8.12. The Morgan fingerprint density at radius 2 is 1.89 bits per heavy atom. The second kappa shape index (κ2) is 12.6. The Morgan fingerprint density at radius 3 is 2.65 bits per heavy atom. The molecule has 10 heteroatoms. The molecule has 1 atom stereocenters. The SMILES string of the molecule is COc1ccc(Br)cc1/C=N\NC(=O)[C@H](C)Sc1nnc(CNc2ccccc2C)n1-c1ccccc1. The molecule has 190 valence electrons. The predicted octanol–water partition coefficient (Wildman–Crippen LogP) is 5.59. The van der Waals surface area contributed by atoms with Crippen LogP contribution >= 0.6 is 27.7 Å². The first-order valence-corrected chi connectivity index (χ1v) is 13.3. The van der Waals surface area contributed by atoms with Gasteiger partial charge in [0.05, 0.1) is 25.1 Å². The van der Waals surface area contributed by atoms with Crippen LogP contribution in [-0.2, 0) is 11.3 Å². The minimum absolute atomic E-state index is 0.252. The Balaban J connectivity index is 1.48. The largest absolute Gasteiger partial charge is 0.496 e. The van der Waals surface area contributed by atoms with E-state index in [-0.39, 0.29) is 5.91 Å². The van der Waals surface area contributed by atoms with Crippen LogP contribution in [0.1, 0.15) is 23.9 Å². The van der Waals surface area contributed by atoms with E-state index in [9.17, 15) is 4.79 Å². The van der Waals surface area contributed by atoms with Gasteiger partial charge in [-0.2, -0.15) is 5.10 Å². The van der Waals surface area contributed by atoms with Gasteiger partial charge in [0.1, 0.15) is 5.75 Å². The summed E-state index contributed by atoms with van der Waals surface area (Å²) in [5.41, 5.74) is 6.45. The first-order valence-electron chi connectivity index (χ1n) is 11.6. The number of rotatable bonds is 10. The summed E-state index contributed by atoms with van der Waals surface area (Å²) in [6, 6.07) is 23.5. The lowest BCUT2D eigenvalue weighted by molar-refractivity contribution is -0.120. The normalized spacial score (nSPS) is 11.9.